The number of rotatable bonds is 6. The van der Waals surface area contributed by atoms with E-state index in [2.05, 4.69) is 4.90 Å². The maximum Gasteiger partial charge on any atom is 0.352 e. The fourth-order valence-corrected chi connectivity index (χ4v) is 6.85. The van der Waals surface area contributed by atoms with Crippen molar-refractivity contribution in [2.45, 2.75) is 61.6 Å². The average Bonchev–Trinajstić information content (AvgIpc) is 3.28. The van der Waals surface area contributed by atoms with Crippen molar-refractivity contribution in [1.82, 2.24) is 4.90 Å². The topological polar surface area (TPSA) is 115 Å². The normalized spacial score (nSPS) is 30.3. The lowest BCUT2D eigenvalue weighted by molar-refractivity contribution is -0.178. The molecule has 2 N–H and O–H groups in total. The van der Waals surface area contributed by atoms with E-state index in [0.29, 0.717) is 29.9 Å². The second-order valence-corrected chi connectivity index (χ2v) is 10.6. The molecule has 2 aliphatic carbocycles. The molecule has 200 valence electrons. The minimum atomic E-state index is -1.52. The van der Waals surface area contributed by atoms with E-state index in [1.54, 1.807) is 43.5 Å². The number of carbonyl (C=O) groups is 2. The number of carbonyl (C=O) groups excluding carboxylic acids is 2. The molecule has 38 heavy (non-hydrogen) atoms. The van der Waals surface area contributed by atoms with Crippen LogP contribution < -0.4 is 9.47 Å². The Labute approximate surface area is 220 Å². The summed E-state index contributed by atoms with van der Waals surface area (Å²) in [6, 6.07) is 12.1. The van der Waals surface area contributed by atoms with Crippen LogP contribution in [0.15, 0.2) is 54.3 Å². The minimum absolute atomic E-state index is 0.123. The van der Waals surface area contributed by atoms with E-state index in [-0.39, 0.29) is 18.2 Å². The summed E-state index contributed by atoms with van der Waals surface area (Å²) in [5, 5.41) is 22.6. The fourth-order valence-electron chi connectivity index (χ4n) is 6.85. The third kappa shape index (κ3) is 3.35. The van der Waals surface area contributed by atoms with Gasteiger partial charge in [0.2, 0.25) is 0 Å². The number of likely N-dealkylation sites (tertiary alicyclic amines) is 1. The molecule has 1 spiro atoms. The van der Waals surface area contributed by atoms with Crippen LogP contribution in [0.5, 0.6) is 11.5 Å². The number of aliphatic hydroxyl groups is 2. The van der Waals surface area contributed by atoms with Crippen LogP contribution in [0.25, 0.3) is 0 Å². The smallest absolute Gasteiger partial charge is 0.352 e. The molecule has 1 fully saturated rings. The van der Waals surface area contributed by atoms with Crippen molar-refractivity contribution in [3.63, 3.8) is 0 Å². The van der Waals surface area contributed by atoms with Crippen molar-refractivity contribution < 1.29 is 38.7 Å². The van der Waals surface area contributed by atoms with Crippen molar-refractivity contribution in [3.8, 4) is 11.5 Å². The molecule has 6 rings (SSSR count). The van der Waals surface area contributed by atoms with Crippen molar-refractivity contribution >= 4 is 11.9 Å². The van der Waals surface area contributed by atoms with Gasteiger partial charge in [-0.3, -0.25) is 0 Å². The van der Waals surface area contributed by atoms with E-state index in [0.717, 1.165) is 17.7 Å². The fraction of sp³-hybridized carbons (Fsp3) is 0.448. The maximum absolute atomic E-state index is 13.1. The molecule has 0 saturated carbocycles. The van der Waals surface area contributed by atoms with Crippen LogP contribution in [-0.4, -0.2) is 71.6 Å². The number of hydrogen-bond acceptors (Lipinski definition) is 9. The van der Waals surface area contributed by atoms with Crippen LogP contribution in [0.4, 0.5) is 0 Å². The van der Waals surface area contributed by atoms with Gasteiger partial charge in [-0.2, -0.15) is 0 Å². The van der Waals surface area contributed by atoms with Gasteiger partial charge in [-0.25, -0.2) is 9.59 Å². The minimum Gasteiger partial charge on any atom is -0.493 e. The van der Waals surface area contributed by atoms with Crippen LogP contribution in [0.1, 0.15) is 42.6 Å². The van der Waals surface area contributed by atoms with Gasteiger partial charge in [0.15, 0.2) is 29.8 Å². The third-order valence-electron chi connectivity index (χ3n) is 8.74. The molecule has 6 atom stereocenters. The molecule has 0 amide bonds. The standard InChI is InChI=1S/C29H31NO8/c1-16(36-27(33)23(31)17-7-5-4-6-8-17)26(32)37-20-11-12-29(34)21-15-18-9-10-19(35-3)24-22(18)28(29,25(20)38-24)13-14-30(21)2/h4-11,16,21,23,25,31,34H,12-15H2,1-3H3/t16-,21-,23-,25-,28-,29+/m0/s1. The first-order valence-corrected chi connectivity index (χ1v) is 12.9. The zero-order valence-electron chi connectivity index (χ0n) is 21.5. The molecule has 2 heterocycles. The summed E-state index contributed by atoms with van der Waals surface area (Å²) in [5.41, 5.74) is 0.455. The van der Waals surface area contributed by atoms with Gasteiger partial charge in [0.05, 0.1) is 18.1 Å². The van der Waals surface area contributed by atoms with Crippen LogP contribution in [0.2, 0.25) is 0 Å². The molecule has 4 aliphatic rings. The number of likely N-dealkylation sites (N-methyl/N-ethyl adjacent to an activating group) is 1. The van der Waals surface area contributed by atoms with Gasteiger partial charge in [0.1, 0.15) is 5.76 Å². The maximum atomic E-state index is 13.1. The van der Waals surface area contributed by atoms with Crippen molar-refractivity contribution in [2.75, 3.05) is 20.7 Å². The molecule has 2 aromatic carbocycles. The van der Waals surface area contributed by atoms with E-state index in [1.165, 1.54) is 6.92 Å². The second kappa shape index (κ2) is 8.83. The van der Waals surface area contributed by atoms with Crippen molar-refractivity contribution in [1.29, 1.82) is 0 Å². The Kier molecular flexibility index (Phi) is 5.79. The number of piperidine rings is 1. The molecule has 9 nitrogen and oxygen atoms in total. The molecule has 9 heteroatoms. The molecule has 2 aromatic rings. The Morgan fingerprint density at radius 1 is 1.16 bits per heavy atom. The zero-order valence-corrected chi connectivity index (χ0v) is 21.5. The van der Waals surface area contributed by atoms with Gasteiger partial charge in [0, 0.05) is 18.0 Å². The highest BCUT2D eigenvalue weighted by Gasteiger charge is 2.72. The van der Waals surface area contributed by atoms with Gasteiger partial charge in [-0.1, -0.05) is 36.4 Å². The van der Waals surface area contributed by atoms with Gasteiger partial charge in [-0.15, -0.1) is 0 Å². The molecule has 2 bridgehead atoms. The average molecular weight is 522 g/mol. The summed E-state index contributed by atoms with van der Waals surface area (Å²) in [7, 11) is 3.60. The number of benzene rings is 2. The number of hydrogen-bond donors (Lipinski definition) is 2. The quantitative estimate of drug-likeness (QED) is 0.552. The van der Waals surface area contributed by atoms with E-state index in [1.807, 2.05) is 19.2 Å². The lowest BCUT2D eigenvalue weighted by Crippen LogP contribution is -2.74. The van der Waals surface area contributed by atoms with E-state index in [9.17, 15) is 19.8 Å². The van der Waals surface area contributed by atoms with Gasteiger partial charge < -0.3 is 34.1 Å². The SMILES string of the molecule is COc1ccc2c3c1O[C@H]1C(OC(=O)[C@H](C)OC(=O)[C@@H](O)c4ccccc4)=CC[C@@]4(O)[C@H](C2)N(C)CC[C@]314. The Balaban J connectivity index is 1.28. The molecular formula is C29H31NO8. The molecule has 2 aliphatic heterocycles. The van der Waals surface area contributed by atoms with Crippen LogP contribution in [0, 0.1) is 0 Å². The Morgan fingerprint density at radius 3 is 2.66 bits per heavy atom. The van der Waals surface area contributed by atoms with Crippen LogP contribution in [0.3, 0.4) is 0 Å². The van der Waals surface area contributed by atoms with E-state index in [4.69, 9.17) is 18.9 Å². The largest absolute Gasteiger partial charge is 0.493 e. The van der Waals surface area contributed by atoms with E-state index < -0.39 is 41.3 Å². The number of nitrogens with zero attached hydrogens (tertiary/aromatic N) is 1. The first kappa shape index (κ1) is 24.9. The van der Waals surface area contributed by atoms with Crippen molar-refractivity contribution in [2.24, 2.45) is 0 Å². The highest BCUT2D eigenvalue weighted by Crippen LogP contribution is 2.65. The highest BCUT2D eigenvalue weighted by molar-refractivity contribution is 5.82. The molecule has 0 aromatic heterocycles. The first-order chi connectivity index (χ1) is 18.2. The predicted octanol–water partition coefficient (Wildman–Crippen LogP) is 2.18. The lowest BCUT2D eigenvalue weighted by Gasteiger charge is -2.61. The number of aliphatic hydroxyl groups excluding tert-OH is 1. The summed E-state index contributed by atoms with van der Waals surface area (Å²) in [6.07, 6.45) is -0.264. The van der Waals surface area contributed by atoms with Gasteiger partial charge >= 0.3 is 11.9 Å². The zero-order chi connectivity index (χ0) is 26.8. The summed E-state index contributed by atoms with van der Waals surface area (Å²) in [4.78, 5) is 27.8. The second-order valence-electron chi connectivity index (χ2n) is 10.6. The number of methoxy groups -OCH3 is 1. The summed E-state index contributed by atoms with van der Waals surface area (Å²) < 4.78 is 23.1. The van der Waals surface area contributed by atoms with Crippen LogP contribution >= 0.6 is 0 Å². The highest BCUT2D eigenvalue weighted by atomic mass is 16.6. The molecular weight excluding hydrogens is 490 g/mol. The summed E-state index contributed by atoms with van der Waals surface area (Å²) in [6.45, 7) is 2.14. The Morgan fingerprint density at radius 2 is 1.92 bits per heavy atom. The predicted molar refractivity (Wildman–Crippen MR) is 135 cm³/mol. The summed E-state index contributed by atoms with van der Waals surface area (Å²) >= 11 is 0. The number of ether oxygens (including phenoxy) is 4. The number of esters is 2. The Bertz CT molecular complexity index is 1330. The first-order valence-electron chi connectivity index (χ1n) is 12.9. The summed E-state index contributed by atoms with van der Waals surface area (Å²) in [5.74, 6) is -0.323. The van der Waals surface area contributed by atoms with Crippen LogP contribution in [-0.2, 0) is 30.9 Å². The van der Waals surface area contributed by atoms with Gasteiger partial charge in [0.25, 0.3) is 0 Å². The Hall–Kier alpha value is -3.40. The molecule has 0 radical (unpaired) electrons. The molecule has 1 saturated heterocycles. The van der Waals surface area contributed by atoms with Gasteiger partial charge in [-0.05, 0) is 56.6 Å². The molecule has 0 unspecified atom stereocenters. The van der Waals surface area contributed by atoms with Crippen molar-refractivity contribution in [3.05, 3.63) is 71.0 Å². The van der Waals surface area contributed by atoms with E-state index >= 15 is 0 Å². The lowest BCUT2D eigenvalue weighted by atomic mass is 9.50. The monoisotopic (exact) mass is 521 g/mol. The third-order valence-corrected chi connectivity index (χ3v) is 8.74.